The molecule has 0 radical (unpaired) electrons. The van der Waals surface area contributed by atoms with Crippen LogP contribution in [0.25, 0.3) is 88.4 Å². The molecule has 3 aliphatic rings. The highest BCUT2D eigenvalue weighted by Gasteiger charge is 2.51. The van der Waals surface area contributed by atoms with E-state index in [1.807, 2.05) is 0 Å². The van der Waals surface area contributed by atoms with Gasteiger partial charge in [-0.05, 0) is 145 Å². The molecule has 1 atom stereocenters. The predicted molar refractivity (Wildman–Crippen MR) is 342 cm³/mol. The number of hydrogen-bond acceptors (Lipinski definition) is 4. The van der Waals surface area contributed by atoms with Crippen molar-refractivity contribution in [2.45, 2.75) is 17.8 Å². The quantitative estimate of drug-likeness (QED) is 0.144. The average molecular weight is 1060 g/mol. The van der Waals surface area contributed by atoms with Crippen LogP contribution in [0.15, 0.2) is 312 Å². The van der Waals surface area contributed by atoms with Crippen molar-refractivity contribution in [3.8, 4) is 44.5 Å². The maximum Gasteiger partial charge on any atom is 0.159 e. The Morgan fingerprint density at radius 1 is 0.337 bits per heavy atom. The molecule has 12 aromatic carbocycles. The lowest BCUT2D eigenvalue weighted by atomic mass is 9.70. The Balaban J connectivity index is 0.946. The Bertz CT molecular complexity index is 4900. The summed E-state index contributed by atoms with van der Waals surface area (Å²) >= 11 is 0. The van der Waals surface area contributed by atoms with Crippen LogP contribution in [0.4, 0.5) is 28.4 Å². The highest BCUT2D eigenvalue weighted by Crippen LogP contribution is 2.63. The van der Waals surface area contributed by atoms with Gasteiger partial charge in [0.15, 0.2) is 11.2 Å². The van der Waals surface area contributed by atoms with Crippen LogP contribution in [0.3, 0.4) is 0 Å². The van der Waals surface area contributed by atoms with E-state index >= 15 is 0 Å². The number of para-hydroxylation sites is 4. The maximum absolute atomic E-state index is 7.00. The van der Waals surface area contributed by atoms with E-state index in [2.05, 4.69) is 307 Å². The lowest BCUT2D eigenvalue weighted by Crippen LogP contribution is -2.25. The predicted octanol–water partition coefficient (Wildman–Crippen LogP) is 21.4. The molecule has 14 aromatic rings. The Labute approximate surface area is 481 Å². The summed E-state index contributed by atoms with van der Waals surface area (Å²) in [4.78, 5) is 4.83. The van der Waals surface area contributed by atoms with Crippen molar-refractivity contribution < 1.29 is 8.83 Å². The largest absolute Gasteiger partial charge is 0.454 e. The molecule has 0 bridgehead atoms. The van der Waals surface area contributed by atoms with Crippen molar-refractivity contribution in [3.05, 3.63) is 331 Å². The van der Waals surface area contributed by atoms with Gasteiger partial charge in [-0.25, -0.2) is 0 Å². The topological polar surface area (TPSA) is 32.8 Å². The molecule has 0 saturated carbocycles. The molecule has 0 fully saturated rings. The van der Waals surface area contributed by atoms with E-state index in [1.54, 1.807) is 0 Å². The summed E-state index contributed by atoms with van der Waals surface area (Å²) in [7, 11) is 0. The molecule has 390 valence electrons. The zero-order valence-corrected chi connectivity index (χ0v) is 45.3. The van der Waals surface area contributed by atoms with E-state index < -0.39 is 5.41 Å². The first-order valence-electron chi connectivity index (χ1n) is 28.7. The van der Waals surface area contributed by atoms with Crippen molar-refractivity contribution >= 4 is 72.3 Å². The van der Waals surface area contributed by atoms with Gasteiger partial charge < -0.3 is 18.6 Å². The summed E-state index contributed by atoms with van der Waals surface area (Å²) < 4.78 is 14.0. The van der Waals surface area contributed by atoms with Crippen LogP contribution in [0.2, 0.25) is 0 Å². The van der Waals surface area contributed by atoms with Crippen LogP contribution in [0, 0.1) is 0 Å². The Morgan fingerprint density at radius 2 is 0.819 bits per heavy atom. The third kappa shape index (κ3) is 7.26. The summed E-state index contributed by atoms with van der Waals surface area (Å²) in [5.74, 6) is 0.234. The molecule has 17 rings (SSSR count). The number of hydrogen-bond donors (Lipinski definition) is 0. The van der Waals surface area contributed by atoms with Crippen LogP contribution in [0.5, 0.6) is 0 Å². The number of anilines is 5. The fourth-order valence-electron chi connectivity index (χ4n) is 14.1. The summed E-state index contributed by atoms with van der Waals surface area (Å²) in [6.07, 6.45) is 7.93. The van der Waals surface area contributed by atoms with E-state index in [0.29, 0.717) is 0 Å². The monoisotopic (exact) mass is 1060 g/mol. The highest BCUT2D eigenvalue weighted by molar-refractivity contribution is 6.12. The summed E-state index contributed by atoms with van der Waals surface area (Å²) in [5, 5.41) is 4.29. The Morgan fingerprint density at radius 3 is 1.41 bits per heavy atom. The summed E-state index contributed by atoms with van der Waals surface area (Å²) in [6.45, 7) is 0. The standard InChI is InChI=1S/C79H52N2O2/c1-3-19-51(20-4-1)53-37-42-57(43-38-53)80(73-33-17-28-67-65-26-10-15-35-75(65)82-77(67)73)59-47-56(55-41-46-64-63-25-9-14-32-71(63)79(72(64)49-55)69-30-12-7-23-61(69)62-24-8-13-31-70(62)79)48-60(50-59)81(58-44-39-54(40-45-58)52-21-5-2-6-22-52)74-34-18-29-68-66-27-11-16-36-76(66)83-78(68)74/h1-39,41-50,54H,40H2. The molecule has 3 aliphatic carbocycles. The maximum atomic E-state index is 7.00. The average Bonchev–Trinajstić information content (AvgIpc) is 1.91. The van der Waals surface area contributed by atoms with E-state index in [-0.39, 0.29) is 5.92 Å². The van der Waals surface area contributed by atoms with Gasteiger partial charge in [-0.3, -0.25) is 0 Å². The van der Waals surface area contributed by atoms with Gasteiger partial charge >= 0.3 is 0 Å². The lowest BCUT2D eigenvalue weighted by Gasteiger charge is -2.32. The van der Waals surface area contributed by atoms with E-state index in [9.17, 15) is 0 Å². The third-order valence-corrected chi connectivity index (χ3v) is 17.8. The Kier molecular flexibility index (Phi) is 10.6. The number of benzene rings is 12. The van der Waals surface area contributed by atoms with Gasteiger partial charge in [-0.15, -0.1) is 0 Å². The second-order valence-electron chi connectivity index (χ2n) is 22.2. The van der Waals surface area contributed by atoms with Crippen molar-refractivity contribution in [2.75, 3.05) is 9.80 Å². The van der Waals surface area contributed by atoms with Crippen LogP contribution >= 0.6 is 0 Å². The molecule has 4 nitrogen and oxygen atoms in total. The van der Waals surface area contributed by atoms with Gasteiger partial charge in [0.2, 0.25) is 0 Å². The molecule has 0 N–H and O–H groups in total. The van der Waals surface area contributed by atoms with Gasteiger partial charge in [0, 0.05) is 50.2 Å². The molecule has 1 unspecified atom stereocenters. The zero-order valence-electron chi connectivity index (χ0n) is 45.3. The minimum Gasteiger partial charge on any atom is -0.454 e. The molecule has 0 amide bonds. The molecular weight excluding hydrogens is 1010 g/mol. The highest BCUT2D eigenvalue weighted by atomic mass is 16.3. The van der Waals surface area contributed by atoms with E-state index in [4.69, 9.17) is 8.83 Å². The fraction of sp³-hybridized carbons (Fsp3) is 0.0380. The number of fused-ring (bicyclic) bond motifs is 16. The molecule has 0 saturated heterocycles. The molecule has 1 spiro atoms. The second-order valence-corrected chi connectivity index (χ2v) is 22.2. The minimum absolute atomic E-state index is 0.234. The van der Waals surface area contributed by atoms with Crippen LogP contribution in [-0.2, 0) is 5.41 Å². The van der Waals surface area contributed by atoms with Gasteiger partial charge in [0.05, 0.1) is 16.8 Å². The molecule has 83 heavy (non-hydrogen) atoms. The van der Waals surface area contributed by atoms with E-state index in [1.165, 1.54) is 50.1 Å². The minimum atomic E-state index is -0.519. The molecule has 2 heterocycles. The number of allylic oxidation sites excluding steroid dienone is 3. The van der Waals surface area contributed by atoms with Crippen molar-refractivity contribution in [1.29, 1.82) is 0 Å². The van der Waals surface area contributed by atoms with Crippen LogP contribution in [0.1, 0.15) is 40.2 Å². The van der Waals surface area contributed by atoms with Gasteiger partial charge in [-0.2, -0.15) is 0 Å². The molecule has 0 aliphatic heterocycles. The lowest BCUT2D eigenvalue weighted by molar-refractivity contribution is 0.668. The van der Waals surface area contributed by atoms with E-state index in [0.717, 1.165) is 107 Å². The van der Waals surface area contributed by atoms with Gasteiger partial charge in [0.25, 0.3) is 0 Å². The van der Waals surface area contributed by atoms with Gasteiger partial charge in [0.1, 0.15) is 11.2 Å². The molecule has 2 aromatic heterocycles. The van der Waals surface area contributed by atoms with Gasteiger partial charge in [-0.1, -0.05) is 231 Å². The third-order valence-electron chi connectivity index (χ3n) is 17.8. The second kappa shape index (κ2) is 18.7. The smallest absolute Gasteiger partial charge is 0.159 e. The van der Waals surface area contributed by atoms with Crippen LogP contribution < -0.4 is 9.80 Å². The fourth-order valence-corrected chi connectivity index (χ4v) is 14.1. The first-order valence-corrected chi connectivity index (χ1v) is 28.7. The molecular formula is C79H52N2O2. The number of nitrogens with zero attached hydrogens (tertiary/aromatic N) is 2. The van der Waals surface area contributed by atoms with Crippen molar-refractivity contribution in [2.24, 2.45) is 0 Å². The summed E-state index contributed by atoms with van der Waals surface area (Å²) in [5.41, 5.74) is 24.9. The Hall–Kier alpha value is -10.7. The number of furan rings is 2. The number of rotatable bonds is 9. The first-order chi connectivity index (χ1) is 41.2. The first kappa shape index (κ1) is 47.2. The van der Waals surface area contributed by atoms with Crippen LogP contribution in [-0.4, -0.2) is 0 Å². The SMILES string of the molecule is C1=CC(c2ccccc2)CC=C1N(c1cc(-c2ccc3c(c2)C2(c4ccccc4-c4ccccc42)c2ccccc2-3)cc(N(c2ccc(-c3ccccc3)cc2)c2cccc3c2oc2ccccc23)c1)c1cccc2c1oc1ccccc12. The van der Waals surface area contributed by atoms with Crippen molar-refractivity contribution in [3.63, 3.8) is 0 Å². The summed E-state index contributed by atoms with van der Waals surface area (Å²) in [6, 6.07) is 102. The normalized spacial score (nSPS) is 14.5. The van der Waals surface area contributed by atoms with Crippen molar-refractivity contribution in [1.82, 2.24) is 0 Å². The zero-order chi connectivity index (χ0) is 54.6. The molecule has 4 heteroatoms.